The van der Waals surface area contributed by atoms with Crippen LogP contribution in [0.1, 0.15) is 5.69 Å². The molecule has 0 fully saturated rings. The highest BCUT2D eigenvalue weighted by atomic mass is 32.1. The summed E-state index contributed by atoms with van der Waals surface area (Å²) in [5.74, 6) is 0. The van der Waals surface area contributed by atoms with Crippen molar-refractivity contribution in [2.45, 2.75) is 6.42 Å². The average Bonchev–Trinajstić information content (AvgIpc) is 2.44. The summed E-state index contributed by atoms with van der Waals surface area (Å²) >= 11 is 4.90. The van der Waals surface area contributed by atoms with E-state index in [1.165, 1.54) is 0 Å². The number of aromatic nitrogens is 2. The molecule has 14 heavy (non-hydrogen) atoms. The summed E-state index contributed by atoms with van der Waals surface area (Å²) in [6.07, 6.45) is 4.71. The van der Waals surface area contributed by atoms with E-state index in [2.05, 4.69) is 21.2 Å². The summed E-state index contributed by atoms with van der Waals surface area (Å²) in [7, 11) is 2.02. The molecule has 0 aliphatic rings. The number of imidazole rings is 1. The van der Waals surface area contributed by atoms with Gasteiger partial charge in [0.2, 0.25) is 0 Å². The SMILES string of the molecule is Cn1c(CC(N)=S)c[n+]2ccccc12. The van der Waals surface area contributed by atoms with Gasteiger partial charge in [0, 0.05) is 6.07 Å². The largest absolute Gasteiger partial charge is 0.393 e. The van der Waals surface area contributed by atoms with Crippen LogP contribution in [0.3, 0.4) is 0 Å². The van der Waals surface area contributed by atoms with Crippen LogP contribution in [0.2, 0.25) is 0 Å². The van der Waals surface area contributed by atoms with E-state index in [4.69, 9.17) is 18.0 Å². The Labute approximate surface area is 87.8 Å². The van der Waals surface area contributed by atoms with Crippen molar-refractivity contribution in [3.8, 4) is 0 Å². The summed E-state index contributed by atoms with van der Waals surface area (Å²) < 4.78 is 4.16. The third-order valence-electron chi connectivity index (χ3n) is 2.29. The summed E-state index contributed by atoms with van der Waals surface area (Å²) in [5.41, 5.74) is 7.79. The topological polar surface area (TPSA) is 35.0 Å². The maximum atomic E-state index is 5.52. The minimum Gasteiger partial charge on any atom is -0.393 e. The predicted octanol–water partition coefficient (Wildman–Crippen LogP) is 0.592. The van der Waals surface area contributed by atoms with Gasteiger partial charge in [-0.2, -0.15) is 0 Å². The minimum absolute atomic E-state index is 0.525. The van der Waals surface area contributed by atoms with Gasteiger partial charge in [0.1, 0.15) is 11.9 Å². The fourth-order valence-corrected chi connectivity index (χ4v) is 1.73. The quantitative estimate of drug-likeness (QED) is 0.576. The monoisotopic (exact) mass is 206 g/mol. The standard InChI is InChI=1S/C10H11N3S/c1-12-8(6-9(11)14)7-13-5-3-2-4-10(12)13/h2-5,7H,6H2,1H3,(H-,11,14)/p+1. The summed E-state index contributed by atoms with van der Waals surface area (Å²) in [6, 6.07) is 6.07. The molecule has 72 valence electrons. The number of aryl methyl sites for hydroxylation is 1. The summed E-state index contributed by atoms with van der Waals surface area (Å²) in [4.78, 5) is 0.525. The minimum atomic E-state index is 0.525. The fraction of sp³-hybridized carbons (Fsp3) is 0.200. The van der Waals surface area contributed by atoms with Crippen LogP contribution < -0.4 is 10.1 Å². The molecule has 0 aliphatic heterocycles. The fourth-order valence-electron chi connectivity index (χ4n) is 1.58. The molecular weight excluding hydrogens is 194 g/mol. The van der Waals surface area contributed by atoms with Gasteiger partial charge in [0.05, 0.1) is 24.7 Å². The van der Waals surface area contributed by atoms with E-state index in [1.807, 2.05) is 25.4 Å². The first-order valence-corrected chi connectivity index (χ1v) is 4.82. The normalized spacial score (nSPS) is 10.6. The van der Waals surface area contributed by atoms with Crippen molar-refractivity contribution in [2.75, 3.05) is 0 Å². The van der Waals surface area contributed by atoms with Gasteiger partial charge in [-0.15, -0.1) is 0 Å². The second-order valence-electron chi connectivity index (χ2n) is 3.29. The van der Waals surface area contributed by atoms with Crippen molar-refractivity contribution in [1.29, 1.82) is 0 Å². The van der Waals surface area contributed by atoms with Crippen molar-refractivity contribution in [3.05, 3.63) is 36.3 Å². The molecule has 0 atom stereocenters. The highest BCUT2D eigenvalue weighted by molar-refractivity contribution is 7.80. The molecule has 0 aromatic carbocycles. The molecule has 2 N–H and O–H groups in total. The molecule has 0 radical (unpaired) electrons. The lowest BCUT2D eigenvalue weighted by Crippen LogP contribution is -2.17. The Morgan fingerprint density at radius 2 is 2.36 bits per heavy atom. The van der Waals surface area contributed by atoms with E-state index in [0.29, 0.717) is 11.4 Å². The number of hydrogen-bond acceptors (Lipinski definition) is 1. The lowest BCUT2D eigenvalue weighted by Gasteiger charge is -1.93. The molecule has 3 nitrogen and oxygen atoms in total. The second-order valence-corrected chi connectivity index (χ2v) is 3.81. The predicted molar refractivity (Wildman–Crippen MR) is 59.1 cm³/mol. The van der Waals surface area contributed by atoms with Crippen LogP contribution in [0.25, 0.3) is 5.65 Å². The number of hydrogen-bond donors (Lipinski definition) is 1. The van der Waals surface area contributed by atoms with Crippen molar-refractivity contribution in [1.82, 2.24) is 4.57 Å². The van der Waals surface area contributed by atoms with Gasteiger partial charge in [0.25, 0.3) is 5.65 Å². The van der Waals surface area contributed by atoms with E-state index in [1.54, 1.807) is 0 Å². The van der Waals surface area contributed by atoms with Crippen LogP contribution in [0.4, 0.5) is 0 Å². The first-order valence-electron chi connectivity index (χ1n) is 4.41. The number of thiocarbonyl (C=S) groups is 1. The van der Waals surface area contributed by atoms with Crippen molar-refractivity contribution >= 4 is 22.9 Å². The van der Waals surface area contributed by atoms with Gasteiger partial charge < -0.3 is 5.73 Å². The van der Waals surface area contributed by atoms with Crippen molar-refractivity contribution in [3.63, 3.8) is 0 Å². The molecule has 0 spiro atoms. The Hall–Kier alpha value is -1.42. The lowest BCUT2D eigenvalue weighted by atomic mass is 10.3. The average molecular weight is 206 g/mol. The smallest absolute Gasteiger partial charge is 0.286 e. The van der Waals surface area contributed by atoms with E-state index >= 15 is 0 Å². The molecule has 0 saturated carbocycles. The van der Waals surface area contributed by atoms with Gasteiger partial charge in [0.15, 0.2) is 0 Å². The first kappa shape index (κ1) is 9.15. The van der Waals surface area contributed by atoms with Crippen LogP contribution in [-0.4, -0.2) is 9.56 Å². The Balaban J connectivity index is 2.57. The molecule has 2 rings (SSSR count). The zero-order valence-electron chi connectivity index (χ0n) is 7.97. The molecule has 0 saturated heterocycles. The van der Waals surface area contributed by atoms with E-state index in [0.717, 1.165) is 11.3 Å². The van der Waals surface area contributed by atoms with Gasteiger partial charge in [-0.1, -0.05) is 18.3 Å². The van der Waals surface area contributed by atoms with Crippen LogP contribution >= 0.6 is 12.2 Å². The van der Waals surface area contributed by atoms with Gasteiger partial charge in [-0.05, 0) is 6.07 Å². The third kappa shape index (κ3) is 1.48. The number of pyridine rings is 1. The molecule has 4 heteroatoms. The maximum absolute atomic E-state index is 5.52. The Bertz CT molecular complexity index is 487. The zero-order valence-corrected chi connectivity index (χ0v) is 8.79. The molecule has 0 amide bonds. The second kappa shape index (κ2) is 3.38. The highest BCUT2D eigenvalue weighted by Crippen LogP contribution is 2.03. The lowest BCUT2D eigenvalue weighted by molar-refractivity contribution is -0.510. The molecule has 0 aliphatic carbocycles. The molecular formula is C10H12N3S+. The van der Waals surface area contributed by atoms with Gasteiger partial charge in [-0.25, -0.2) is 8.97 Å². The van der Waals surface area contributed by atoms with Gasteiger partial charge in [-0.3, -0.25) is 0 Å². The summed E-state index contributed by atoms with van der Waals surface area (Å²) in [5, 5.41) is 0. The molecule has 2 aromatic rings. The van der Waals surface area contributed by atoms with E-state index < -0.39 is 0 Å². The Kier molecular flexibility index (Phi) is 2.21. The van der Waals surface area contributed by atoms with Crippen LogP contribution in [0.15, 0.2) is 30.6 Å². The Morgan fingerprint density at radius 1 is 1.57 bits per heavy atom. The number of rotatable bonds is 2. The number of fused-ring (bicyclic) bond motifs is 1. The molecule has 2 aromatic heterocycles. The molecule has 0 unspecified atom stereocenters. The summed E-state index contributed by atoms with van der Waals surface area (Å²) in [6.45, 7) is 0. The van der Waals surface area contributed by atoms with E-state index in [9.17, 15) is 0 Å². The Morgan fingerprint density at radius 3 is 3.00 bits per heavy atom. The number of nitrogens with zero attached hydrogens (tertiary/aromatic N) is 2. The van der Waals surface area contributed by atoms with Crippen LogP contribution in [0, 0.1) is 0 Å². The van der Waals surface area contributed by atoms with Crippen LogP contribution in [-0.2, 0) is 13.5 Å². The molecule has 2 heterocycles. The van der Waals surface area contributed by atoms with Crippen LogP contribution in [0.5, 0.6) is 0 Å². The zero-order chi connectivity index (χ0) is 10.1. The highest BCUT2D eigenvalue weighted by Gasteiger charge is 2.13. The van der Waals surface area contributed by atoms with Gasteiger partial charge >= 0.3 is 0 Å². The van der Waals surface area contributed by atoms with E-state index in [-0.39, 0.29) is 0 Å². The maximum Gasteiger partial charge on any atom is 0.286 e. The number of nitrogens with two attached hydrogens (primary N) is 1. The third-order valence-corrected chi connectivity index (χ3v) is 2.43. The van der Waals surface area contributed by atoms with Crippen molar-refractivity contribution in [2.24, 2.45) is 12.8 Å². The first-order chi connectivity index (χ1) is 6.68. The van der Waals surface area contributed by atoms with Crippen molar-refractivity contribution < 1.29 is 4.40 Å². The molecule has 0 bridgehead atoms.